The Hall–Kier alpha value is -1.61. The first kappa shape index (κ1) is 22.4. The van der Waals surface area contributed by atoms with E-state index in [-0.39, 0.29) is 0 Å². The van der Waals surface area contributed by atoms with Gasteiger partial charge in [-0.2, -0.15) is 0 Å². The number of rotatable bonds is 9. The predicted molar refractivity (Wildman–Crippen MR) is 116 cm³/mol. The van der Waals surface area contributed by atoms with Gasteiger partial charge in [0.2, 0.25) is 0 Å². The summed E-state index contributed by atoms with van der Waals surface area (Å²) in [7, 11) is 4.07. The fourth-order valence-electron chi connectivity index (χ4n) is 3.44. The van der Waals surface area contributed by atoms with Crippen LogP contribution in [0, 0.1) is 13.8 Å². The summed E-state index contributed by atoms with van der Waals surface area (Å²) in [6.07, 6.45) is 6.62. The summed E-state index contributed by atoms with van der Waals surface area (Å²) in [5.41, 5.74) is 7.03. The first-order valence-electron chi connectivity index (χ1n) is 9.97. The van der Waals surface area contributed by atoms with Crippen LogP contribution < -0.4 is 5.32 Å². The quantitative estimate of drug-likeness (QED) is 0.495. The van der Waals surface area contributed by atoms with Gasteiger partial charge in [0.1, 0.15) is 0 Å². The van der Waals surface area contributed by atoms with Gasteiger partial charge in [-0.1, -0.05) is 31.6 Å². The van der Waals surface area contributed by atoms with Gasteiger partial charge in [-0.3, -0.25) is 4.99 Å². The molecular formula is C23H39N3. The van der Waals surface area contributed by atoms with Gasteiger partial charge >= 0.3 is 0 Å². The van der Waals surface area contributed by atoms with Gasteiger partial charge in [0.05, 0.1) is 5.84 Å². The van der Waals surface area contributed by atoms with Crippen molar-refractivity contribution >= 4 is 5.84 Å². The van der Waals surface area contributed by atoms with Crippen LogP contribution in [0.2, 0.25) is 0 Å². The largest absolute Gasteiger partial charge is 0.351 e. The molecule has 0 spiro atoms. The number of hydrogen-bond donors (Lipinski definition) is 1. The van der Waals surface area contributed by atoms with Crippen LogP contribution in [0.15, 0.2) is 28.9 Å². The van der Waals surface area contributed by atoms with Crippen LogP contribution in [-0.4, -0.2) is 37.4 Å². The van der Waals surface area contributed by atoms with Crippen molar-refractivity contribution < 1.29 is 0 Å². The molecule has 0 heterocycles. The maximum atomic E-state index is 4.14. The molecule has 1 N–H and O–H groups in total. The van der Waals surface area contributed by atoms with Crippen molar-refractivity contribution in [2.45, 2.75) is 73.3 Å². The van der Waals surface area contributed by atoms with Crippen molar-refractivity contribution in [3.63, 3.8) is 0 Å². The van der Waals surface area contributed by atoms with E-state index >= 15 is 0 Å². The van der Waals surface area contributed by atoms with Crippen LogP contribution in [0.1, 0.15) is 62.8 Å². The Morgan fingerprint density at radius 1 is 1.12 bits per heavy atom. The summed E-state index contributed by atoms with van der Waals surface area (Å²) in [6.45, 7) is 14.3. The molecule has 1 aromatic rings. The van der Waals surface area contributed by atoms with Crippen molar-refractivity contribution in [3.05, 3.63) is 46.2 Å². The third-order valence-electron chi connectivity index (χ3n) is 5.43. The molecule has 0 unspecified atom stereocenters. The highest BCUT2D eigenvalue weighted by atomic mass is 15.1. The highest BCUT2D eigenvalue weighted by molar-refractivity contribution is 5.80. The third-order valence-corrected chi connectivity index (χ3v) is 5.43. The Labute approximate surface area is 161 Å². The number of allylic oxidation sites excluding steroid dienone is 1. The van der Waals surface area contributed by atoms with E-state index in [0.29, 0.717) is 6.04 Å². The molecule has 0 saturated carbocycles. The molecule has 1 aromatic carbocycles. The number of amidine groups is 1. The van der Waals surface area contributed by atoms with E-state index in [4.69, 9.17) is 0 Å². The van der Waals surface area contributed by atoms with Crippen LogP contribution in [0.25, 0.3) is 0 Å². The molecule has 0 aromatic heterocycles. The lowest BCUT2D eigenvalue weighted by Crippen LogP contribution is -2.32. The fraction of sp³-hybridized carbons (Fsp3) is 0.609. The summed E-state index contributed by atoms with van der Waals surface area (Å²) < 4.78 is 0. The molecule has 3 heteroatoms. The van der Waals surface area contributed by atoms with Crippen molar-refractivity contribution in [1.29, 1.82) is 0 Å². The molecule has 0 radical (unpaired) electrons. The zero-order chi connectivity index (χ0) is 19.7. The van der Waals surface area contributed by atoms with Gasteiger partial charge in [-0.15, -0.1) is 0 Å². The number of aliphatic imine (C=N–C) groups is 1. The molecule has 0 bridgehead atoms. The fourth-order valence-corrected chi connectivity index (χ4v) is 3.44. The summed E-state index contributed by atoms with van der Waals surface area (Å²) in [6, 6.07) is 5.46. The van der Waals surface area contributed by atoms with E-state index in [2.05, 4.69) is 75.2 Å². The number of benzene rings is 1. The molecule has 0 fully saturated rings. The van der Waals surface area contributed by atoms with Crippen LogP contribution in [0.5, 0.6) is 0 Å². The Morgan fingerprint density at radius 2 is 1.73 bits per heavy atom. The third kappa shape index (κ3) is 6.95. The number of nitrogens with zero attached hydrogens (tertiary/aromatic N) is 2. The molecule has 146 valence electrons. The number of likely N-dealkylation sites (N-methyl/N-ethyl adjacent to an activating group) is 1. The smallest absolute Gasteiger partial charge is 0.0967 e. The minimum Gasteiger partial charge on any atom is -0.351 e. The van der Waals surface area contributed by atoms with E-state index in [9.17, 15) is 0 Å². The monoisotopic (exact) mass is 357 g/mol. The van der Waals surface area contributed by atoms with Crippen LogP contribution in [0.4, 0.5) is 0 Å². The maximum absolute atomic E-state index is 4.14. The molecule has 0 atom stereocenters. The Balaban J connectivity index is 2.85. The van der Waals surface area contributed by atoms with Crippen LogP contribution in [0.3, 0.4) is 0 Å². The SMILES string of the molecule is CCC(CC)N(C)CCc1cc(C/C(C)=C/NC(C)=NC)c(C)cc1C. The molecule has 0 aliphatic heterocycles. The summed E-state index contributed by atoms with van der Waals surface area (Å²) in [5.74, 6) is 0.940. The summed E-state index contributed by atoms with van der Waals surface area (Å²) in [4.78, 5) is 6.65. The van der Waals surface area contributed by atoms with Gasteiger partial charge in [-0.25, -0.2) is 0 Å². The second-order valence-electron chi connectivity index (χ2n) is 7.53. The lowest BCUT2D eigenvalue weighted by Gasteiger charge is -2.26. The molecule has 0 aliphatic rings. The second kappa shape index (κ2) is 11.2. The zero-order valence-electron chi connectivity index (χ0n) is 18.2. The lowest BCUT2D eigenvalue weighted by atomic mass is 9.94. The molecular weight excluding hydrogens is 318 g/mol. The number of aryl methyl sites for hydroxylation is 2. The average molecular weight is 358 g/mol. The average Bonchev–Trinajstić information content (AvgIpc) is 2.61. The first-order valence-corrected chi connectivity index (χ1v) is 9.97. The standard InChI is InChI=1S/C23H39N3/c1-9-23(10-2)26(8)12-11-21-15-22(19(5)14-18(21)4)13-17(3)16-25-20(6)24-7/h14-16,23H,9-13H2,1-8H3,(H,24,25)/b17-16+. The van der Waals surface area contributed by atoms with E-state index in [0.717, 1.165) is 25.2 Å². The predicted octanol–water partition coefficient (Wildman–Crippen LogP) is 5.05. The lowest BCUT2D eigenvalue weighted by molar-refractivity contribution is 0.232. The van der Waals surface area contributed by atoms with Crippen LogP contribution in [-0.2, 0) is 12.8 Å². The van der Waals surface area contributed by atoms with E-state index in [1.807, 2.05) is 6.92 Å². The highest BCUT2D eigenvalue weighted by Crippen LogP contribution is 2.20. The minimum absolute atomic E-state index is 0.694. The minimum atomic E-state index is 0.694. The van der Waals surface area contributed by atoms with Gasteiger partial charge in [-0.05, 0) is 82.7 Å². The van der Waals surface area contributed by atoms with Crippen molar-refractivity contribution in [1.82, 2.24) is 10.2 Å². The number of hydrogen-bond acceptors (Lipinski definition) is 2. The number of nitrogens with one attached hydrogen (secondary N) is 1. The maximum Gasteiger partial charge on any atom is 0.0967 e. The zero-order valence-corrected chi connectivity index (χ0v) is 18.2. The van der Waals surface area contributed by atoms with Crippen LogP contribution >= 0.6 is 0 Å². The van der Waals surface area contributed by atoms with Gasteiger partial charge in [0, 0.05) is 25.8 Å². The first-order chi connectivity index (χ1) is 12.3. The van der Waals surface area contributed by atoms with Gasteiger partial charge < -0.3 is 10.2 Å². The molecule has 0 aliphatic carbocycles. The Morgan fingerprint density at radius 3 is 2.31 bits per heavy atom. The van der Waals surface area contributed by atoms with Crippen molar-refractivity contribution in [2.75, 3.05) is 20.6 Å². The molecule has 26 heavy (non-hydrogen) atoms. The Kier molecular flexibility index (Phi) is 9.64. The normalized spacial score (nSPS) is 13.0. The Bertz CT molecular complexity index is 625. The topological polar surface area (TPSA) is 27.6 Å². The van der Waals surface area contributed by atoms with Crippen molar-refractivity contribution in [2.24, 2.45) is 4.99 Å². The second-order valence-corrected chi connectivity index (χ2v) is 7.53. The van der Waals surface area contributed by atoms with E-state index in [1.54, 1.807) is 7.05 Å². The highest BCUT2D eigenvalue weighted by Gasteiger charge is 2.12. The molecule has 1 rings (SSSR count). The van der Waals surface area contributed by atoms with Gasteiger partial charge in [0.15, 0.2) is 0 Å². The van der Waals surface area contributed by atoms with E-state index in [1.165, 1.54) is 40.7 Å². The van der Waals surface area contributed by atoms with E-state index < -0.39 is 0 Å². The van der Waals surface area contributed by atoms with Crippen molar-refractivity contribution in [3.8, 4) is 0 Å². The summed E-state index contributed by atoms with van der Waals surface area (Å²) in [5, 5.41) is 3.24. The summed E-state index contributed by atoms with van der Waals surface area (Å²) >= 11 is 0. The molecule has 0 saturated heterocycles. The molecule has 3 nitrogen and oxygen atoms in total. The van der Waals surface area contributed by atoms with Gasteiger partial charge in [0.25, 0.3) is 0 Å². The molecule has 0 amide bonds.